The second-order valence-electron chi connectivity index (χ2n) is 5.23. The van der Waals surface area contributed by atoms with Crippen LogP contribution in [0.4, 0.5) is 0 Å². The molecule has 18 heavy (non-hydrogen) atoms. The van der Waals surface area contributed by atoms with Crippen molar-refractivity contribution in [3.05, 3.63) is 29.6 Å². The number of aromatic nitrogens is 1. The van der Waals surface area contributed by atoms with Gasteiger partial charge in [0.1, 0.15) is 0 Å². The molecule has 1 atom stereocenters. The van der Waals surface area contributed by atoms with Crippen molar-refractivity contribution >= 4 is 10.0 Å². The van der Waals surface area contributed by atoms with Gasteiger partial charge in [-0.2, -0.15) is 0 Å². The second-order valence-corrected chi connectivity index (χ2v) is 7.50. The molecule has 0 aliphatic heterocycles. The first-order chi connectivity index (χ1) is 8.42. The van der Waals surface area contributed by atoms with Crippen LogP contribution in [0.1, 0.15) is 44.0 Å². The molecular weight excluding hydrogens is 248 g/mol. The van der Waals surface area contributed by atoms with Crippen LogP contribution in [0, 0.1) is 12.8 Å². The fourth-order valence-electron chi connectivity index (χ4n) is 1.94. The standard InChI is InChI=1S/C13H20N2O2S/c1-9(2)18(16,17)15-13(11-6-7-11)12-10(3)5-4-8-14-12/h4-5,8-9,11,13,15H,6-7H2,1-3H3/t13-/m1/s1. The van der Waals surface area contributed by atoms with Crippen LogP contribution in [0.2, 0.25) is 0 Å². The first-order valence-corrected chi connectivity index (χ1v) is 7.89. The molecule has 1 aromatic heterocycles. The highest BCUT2D eigenvalue weighted by Crippen LogP contribution is 2.41. The summed E-state index contributed by atoms with van der Waals surface area (Å²) in [5, 5.41) is -0.414. The van der Waals surface area contributed by atoms with Crippen molar-refractivity contribution < 1.29 is 8.42 Å². The van der Waals surface area contributed by atoms with Gasteiger partial charge in [0.2, 0.25) is 10.0 Å². The monoisotopic (exact) mass is 268 g/mol. The maximum absolute atomic E-state index is 12.0. The summed E-state index contributed by atoms with van der Waals surface area (Å²) in [5.74, 6) is 0.395. The summed E-state index contributed by atoms with van der Waals surface area (Å²) in [7, 11) is -3.26. The molecule has 1 aromatic rings. The summed E-state index contributed by atoms with van der Waals surface area (Å²) < 4.78 is 26.9. The fourth-order valence-corrected chi connectivity index (χ4v) is 2.87. The minimum absolute atomic E-state index is 0.168. The van der Waals surface area contributed by atoms with E-state index in [1.807, 2.05) is 19.1 Å². The number of hydrogen-bond acceptors (Lipinski definition) is 3. The van der Waals surface area contributed by atoms with Gasteiger partial charge in [0.25, 0.3) is 0 Å². The Morgan fingerprint density at radius 1 is 1.39 bits per heavy atom. The predicted molar refractivity (Wildman–Crippen MR) is 71.6 cm³/mol. The van der Waals surface area contributed by atoms with E-state index in [0.717, 1.165) is 24.1 Å². The molecule has 1 heterocycles. The van der Waals surface area contributed by atoms with Gasteiger partial charge in [-0.1, -0.05) is 6.07 Å². The van der Waals surface area contributed by atoms with Crippen molar-refractivity contribution in [3.63, 3.8) is 0 Å². The number of aryl methyl sites for hydroxylation is 1. The molecular formula is C13H20N2O2S. The Labute approximate surface area is 109 Å². The quantitative estimate of drug-likeness (QED) is 0.890. The predicted octanol–water partition coefficient (Wildman–Crippen LogP) is 2.17. The lowest BCUT2D eigenvalue weighted by Gasteiger charge is -2.20. The van der Waals surface area contributed by atoms with Gasteiger partial charge in [0.15, 0.2) is 0 Å². The third-order valence-corrected chi connectivity index (χ3v) is 5.17. The lowest BCUT2D eigenvalue weighted by Crippen LogP contribution is -2.35. The van der Waals surface area contributed by atoms with Gasteiger partial charge in [-0.3, -0.25) is 4.98 Å². The van der Waals surface area contributed by atoms with Gasteiger partial charge in [0.05, 0.1) is 17.0 Å². The smallest absolute Gasteiger partial charge is 0.214 e. The number of rotatable bonds is 5. The Bertz CT molecular complexity index is 522. The third kappa shape index (κ3) is 2.90. The summed E-state index contributed by atoms with van der Waals surface area (Å²) in [4.78, 5) is 4.36. The highest BCUT2D eigenvalue weighted by Gasteiger charge is 2.37. The Morgan fingerprint density at radius 2 is 2.06 bits per heavy atom. The van der Waals surface area contributed by atoms with E-state index < -0.39 is 15.3 Å². The SMILES string of the molecule is Cc1cccnc1[C@H](NS(=O)(=O)C(C)C)C1CC1. The average Bonchev–Trinajstić information content (AvgIpc) is 3.10. The van der Waals surface area contributed by atoms with Crippen molar-refractivity contribution in [2.75, 3.05) is 0 Å². The van der Waals surface area contributed by atoms with Gasteiger partial charge in [-0.25, -0.2) is 13.1 Å². The Kier molecular flexibility index (Phi) is 3.73. The first kappa shape index (κ1) is 13.5. The van der Waals surface area contributed by atoms with Crippen molar-refractivity contribution in [1.82, 2.24) is 9.71 Å². The van der Waals surface area contributed by atoms with Crippen LogP contribution in [0.3, 0.4) is 0 Å². The molecule has 4 nitrogen and oxygen atoms in total. The zero-order valence-electron chi connectivity index (χ0n) is 11.1. The highest BCUT2D eigenvalue weighted by atomic mass is 32.2. The molecule has 2 rings (SSSR count). The molecule has 1 aliphatic rings. The molecule has 0 aromatic carbocycles. The zero-order chi connectivity index (χ0) is 13.3. The normalized spacial score (nSPS) is 18.0. The van der Waals surface area contributed by atoms with E-state index in [1.165, 1.54) is 0 Å². The molecule has 1 saturated carbocycles. The number of pyridine rings is 1. The number of sulfonamides is 1. The first-order valence-electron chi connectivity index (χ1n) is 6.34. The van der Waals surface area contributed by atoms with E-state index in [0.29, 0.717) is 5.92 Å². The Balaban J connectivity index is 2.28. The van der Waals surface area contributed by atoms with Crippen LogP contribution in [-0.4, -0.2) is 18.7 Å². The fraction of sp³-hybridized carbons (Fsp3) is 0.615. The van der Waals surface area contributed by atoms with Crippen molar-refractivity contribution in [1.29, 1.82) is 0 Å². The minimum Gasteiger partial charge on any atom is -0.259 e. The topological polar surface area (TPSA) is 59.1 Å². The molecule has 0 amide bonds. The van der Waals surface area contributed by atoms with Gasteiger partial charge < -0.3 is 0 Å². The molecule has 100 valence electrons. The molecule has 0 radical (unpaired) electrons. The number of nitrogens with one attached hydrogen (secondary N) is 1. The summed E-state index contributed by atoms with van der Waals surface area (Å²) >= 11 is 0. The maximum atomic E-state index is 12.0. The second kappa shape index (κ2) is 4.97. The lowest BCUT2D eigenvalue weighted by molar-refractivity contribution is 0.513. The zero-order valence-corrected chi connectivity index (χ0v) is 11.9. The van der Waals surface area contributed by atoms with Crippen LogP contribution in [-0.2, 0) is 10.0 Å². The van der Waals surface area contributed by atoms with Crippen LogP contribution in [0.25, 0.3) is 0 Å². The van der Waals surface area contributed by atoms with E-state index in [-0.39, 0.29) is 6.04 Å². The van der Waals surface area contributed by atoms with E-state index in [4.69, 9.17) is 0 Å². The maximum Gasteiger partial charge on any atom is 0.214 e. The van der Waals surface area contributed by atoms with E-state index in [1.54, 1.807) is 20.0 Å². The van der Waals surface area contributed by atoms with Crippen molar-refractivity contribution in [3.8, 4) is 0 Å². The van der Waals surface area contributed by atoms with Crippen molar-refractivity contribution in [2.45, 2.75) is 44.9 Å². The van der Waals surface area contributed by atoms with Crippen molar-refractivity contribution in [2.24, 2.45) is 5.92 Å². The van der Waals surface area contributed by atoms with Gasteiger partial charge in [-0.15, -0.1) is 0 Å². The van der Waals surface area contributed by atoms with Gasteiger partial charge in [-0.05, 0) is 51.2 Å². The molecule has 5 heteroatoms. The molecule has 0 unspecified atom stereocenters. The molecule has 1 N–H and O–H groups in total. The van der Waals surface area contributed by atoms with E-state index in [2.05, 4.69) is 9.71 Å². The Hall–Kier alpha value is -0.940. The third-order valence-electron chi connectivity index (χ3n) is 3.35. The summed E-state index contributed by atoms with van der Waals surface area (Å²) in [6, 6.07) is 3.68. The lowest BCUT2D eigenvalue weighted by atomic mass is 10.1. The molecule has 1 aliphatic carbocycles. The summed E-state index contributed by atoms with van der Waals surface area (Å²) in [6.07, 6.45) is 3.87. The van der Waals surface area contributed by atoms with Crippen LogP contribution < -0.4 is 4.72 Å². The summed E-state index contributed by atoms with van der Waals surface area (Å²) in [5.41, 5.74) is 1.91. The van der Waals surface area contributed by atoms with E-state index in [9.17, 15) is 8.42 Å². The molecule has 0 bridgehead atoms. The van der Waals surface area contributed by atoms with Crippen LogP contribution >= 0.6 is 0 Å². The average molecular weight is 268 g/mol. The van der Waals surface area contributed by atoms with Crippen LogP contribution in [0.15, 0.2) is 18.3 Å². The number of hydrogen-bond donors (Lipinski definition) is 1. The minimum atomic E-state index is -3.26. The number of nitrogens with zero attached hydrogens (tertiary/aromatic N) is 1. The largest absolute Gasteiger partial charge is 0.259 e. The molecule has 1 fully saturated rings. The van der Waals surface area contributed by atoms with Crippen LogP contribution in [0.5, 0.6) is 0 Å². The Morgan fingerprint density at radius 3 is 2.56 bits per heavy atom. The molecule has 0 spiro atoms. The van der Waals surface area contributed by atoms with Gasteiger partial charge in [0, 0.05) is 6.20 Å². The highest BCUT2D eigenvalue weighted by molar-refractivity contribution is 7.90. The molecule has 0 saturated heterocycles. The summed E-state index contributed by atoms with van der Waals surface area (Å²) in [6.45, 7) is 5.36. The van der Waals surface area contributed by atoms with Gasteiger partial charge >= 0.3 is 0 Å². The van der Waals surface area contributed by atoms with E-state index >= 15 is 0 Å².